The van der Waals surface area contributed by atoms with Gasteiger partial charge in [0, 0.05) is 44.2 Å². The second kappa shape index (κ2) is 16.9. The lowest BCUT2D eigenvalue weighted by Gasteiger charge is -2.26. The lowest BCUT2D eigenvalue weighted by Crippen LogP contribution is -2.10. The summed E-state index contributed by atoms with van der Waals surface area (Å²) in [6.07, 6.45) is 0. The first-order chi connectivity index (χ1) is 34.2. The van der Waals surface area contributed by atoms with Gasteiger partial charge in [-0.25, -0.2) is 0 Å². The van der Waals surface area contributed by atoms with Crippen LogP contribution in [-0.4, -0.2) is 4.57 Å². The molecule has 0 unspecified atom stereocenters. The van der Waals surface area contributed by atoms with E-state index in [1.54, 1.807) is 0 Å². The Hall–Kier alpha value is -9.18. The highest BCUT2D eigenvalue weighted by Crippen LogP contribution is 2.41. The molecule has 0 fully saturated rings. The number of fused-ring (bicyclic) bond motifs is 6. The first kappa shape index (κ1) is 40.1. The highest BCUT2D eigenvalue weighted by molar-refractivity contribution is 6.10. The number of rotatable bonds is 9. The second-order valence-corrected chi connectivity index (χ2v) is 17.7. The summed E-state index contributed by atoms with van der Waals surface area (Å²) in [5.74, 6) is 0. The zero-order chi connectivity index (χ0) is 45.7. The lowest BCUT2D eigenvalue weighted by atomic mass is 9.97. The van der Waals surface area contributed by atoms with Gasteiger partial charge >= 0.3 is 0 Å². The highest BCUT2D eigenvalue weighted by Gasteiger charge is 2.18. The van der Waals surface area contributed by atoms with Crippen LogP contribution in [0.5, 0.6) is 0 Å². The van der Waals surface area contributed by atoms with E-state index in [1.807, 2.05) is 12.1 Å². The molecule has 0 radical (unpaired) electrons. The number of hydrogen-bond acceptors (Lipinski definition) is 2. The van der Waals surface area contributed by atoms with Crippen molar-refractivity contribution >= 4 is 60.8 Å². The number of anilines is 3. The molecule has 0 atom stereocenters. The van der Waals surface area contributed by atoms with E-state index in [0.717, 1.165) is 78.1 Å². The Labute approximate surface area is 401 Å². The quantitative estimate of drug-likeness (QED) is 0.144. The summed E-state index contributed by atoms with van der Waals surface area (Å²) >= 11 is 0. The molecular weight excluding hydrogens is 837 g/mol. The van der Waals surface area contributed by atoms with Gasteiger partial charge in [0.1, 0.15) is 11.2 Å². The molecule has 0 bridgehead atoms. The van der Waals surface area contributed by atoms with Gasteiger partial charge in [-0.05, 0) is 135 Å². The Balaban J connectivity index is 0.884. The molecule has 0 aliphatic carbocycles. The third-order valence-electron chi connectivity index (χ3n) is 13.6. The van der Waals surface area contributed by atoms with Crippen LogP contribution < -0.4 is 4.90 Å². The van der Waals surface area contributed by atoms with Crippen LogP contribution in [0, 0.1) is 0 Å². The van der Waals surface area contributed by atoms with Gasteiger partial charge in [0.25, 0.3) is 0 Å². The predicted molar refractivity (Wildman–Crippen MR) is 290 cm³/mol. The smallest absolute Gasteiger partial charge is 0.136 e. The summed E-state index contributed by atoms with van der Waals surface area (Å²) in [6, 6.07) is 96.1. The van der Waals surface area contributed by atoms with Crippen molar-refractivity contribution in [2.24, 2.45) is 0 Å². The normalized spacial score (nSPS) is 11.5. The number of benzene rings is 11. The minimum absolute atomic E-state index is 0.900. The number of nitrogens with zero attached hydrogens (tertiary/aromatic N) is 2. The van der Waals surface area contributed by atoms with E-state index in [4.69, 9.17) is 4.42 Å². The Kier molecular flexibility index (Phi) is 9.84. The summed E-state index contributed by atoms with van der Waals surface area (Å²) in [5.41, 5.74) is 20.2. The van der Waals surface area contributed by atoms with Crippen LogP contribution in [0.2, 0.25) is 0 Å². The lowest BCUT2D eigenvalue weighted by molar-refractivity contribution is 0.669. The fourth-order valence-electron chi connectivity index (χ4n) is 10.3. The molecule has 0 aliphatic heterocycles. The summed E-state index contributed by atoms with van der Waals surface area (Å²) in [6.45, 7) is 0. The molecule has 3 heteroatoms. The van der Waals surface area contributed by atoms with E-state index in [1.165, 1.54) is 44.1 Å². The molecule has 0 amide bonds. The van der Waals surface area contributed by atoms with Gasteiger partial charge in [-0.3, -0.25) is 0 Å². The minimum atomic E-state index is 0.900. The van der Waals surface area contributed by atoms with Gasteiger partial charge in [-0.15, -0.1) is 0 Å². The van der Waals surface area contributed by atoms with Crippen molar-refractivity contribution in [3.63, 3.8) is 0 Å². The molecule has 0 aliphatic rings. The average molecular weight is 881 g/mol. The van der Waals surface area contributed by atoms with Crippen molar-refractivity contribution in [2.45, 2.75) is 0 Å². The molecule has 0 saturated heterocycles. The largest absolute Gasteiger partial charge is 0.456 e. The zero-order valence-electron chi connectivity index (χ0n) is 37.7. The first-order valence-electron chi connectivity index (χ1n) is 23.6. The number of para-hydroxylation sites is 4. The Morgan fingerprint density at radius 1 is 0.261 bits per heavy atom. The molecule has 11 aromatic carbocycles. The van der Waals surface area contributed by atoms with Gasteiger partial charge in [-0.1, -0.05) is 182 Å². The van der Waals surface area contributed by atoms with Gasteiger partial charge in [0.2, 0.25) is 0 Å². The van der Waals surface area contributed by atoms with Crippen LogP contribution in [0.4, 0.5) is 17.1 Å². The van der Waals surface area contributed by atoms with Crippen molar-refractivity contribution < 1.29 is 4.42 Å². The van der Waals surface area contributed by atoms with Crippen molar-refractivity contribution in [3.8, 4) is 61.3 Å². The first-order valence-corrected chi connectivity index (χ1v) is 23.6. The van der Waals surface area contributed by atoms with E-state index in [2.05, 4.69) is 264 Å². The molecular formula is C66H44N2O. The SMILES string of the molecule is c1ccc(-c2cccc(-c3cccc(N(c4ccc(-c5cccc(-c6ccc7c(c6)oc6ccccc67)c5)cc4)c4ccc(-c5ccccc5-n5c6ccccc6c6ccccc65)cc4)c3)c2)cc1. The maximum Gasteiger partial charge on any atom is 0.136 e. The van der Waals surface area contributed by atoms with Crippen LogP contribution in [0.15, 0.2) is 271 Å². The zero-order valence-corrected chi connectivity index (χ0v) is 37.7. The van der Waals surface area contributed by atoms with E-state index in [0.29, 0.717) is 0 Å². The maximum absolute atomic E-state index is 6.27. The second-order valence-electron chi connectivity index (χ2n) is 17.7. The summed E-state index contributed by atoms with van der Waals surface area (Å²) in [4.78, 5) is 2.37. The monoisotopic (exact) mass is 880 g/mol. The number of aromatic nitrogens is 1. The Morgan fingerprint density at radius 3 is 1.38 bits per heavy atom. The molecule has 13 rings (SSSR count). The van der Waals surface area contributed by atoms with Crippen LogP contribution in [0.25, 0.3) is 105 Å². The fourth-order valence-corrected chi connectivity index (χ4v) is 10.3. The standard InChI is InChI=1S/C66H44N2O/c1-2-15-45(16-3-1)48-17-12-19-50(41-48)52-21-14-22-56(43-52)67(54-36-31-46(32-37-54)49-18-13-20-51(42-49)53-35-40-61-60-26-7-11-30-65(60)69-66(61)44-53)55-38-33-47(34-39-55)57-23-4-8-27-62(57)68-63-28-9-5-24-58(63)59-25-6-10-29-64(59)68/h1-44H. The number of hydrogen-bond donors (Lipinski definition) is 0. The predicted octanol–water partition coefficient (Wildman–Crippen LogP) is 18.5. The average Bonchev–Trinajstić information content (AvgIpc) is 3.97. The van der Waals surface area contributed by atoms with Gasteiger partial charge < -0.3 is 13.9 Å². The molecule has 3 nitrogen and oxygen atoms in total. The minimum Gasteiger partial charge on any atom is -0.456 e. The van der Waals surface area contributed by atoms with E-state index >= 15 is 0 Å². The fraction of sp³-hybridized carbons (Fsp3) is 0. The molecule has 2 heterocycles. The van der Waals surface area contributed by atoms with Crippen molar-refractivity contribution in [2.75, 3.05) is 4.90 Å². The Morgan fingerprint density at radius 2 is 0.710 bits per heavy atom. The molecule has 0 N–H and O–H groups in total. The molecule has 2 aromatic heterocycles. The van der Waals surface area contributed by atoms with Gasteiger partial charge in [-0.2, -0.15) is 0 Å². The highest BCUT2D eigenvalue weighted by atomic mass is 16.3. The molecule has 324 valence electrons. The van der Waals surface area contributed by atoms with Crippen molar-refractivity contribution in [1.82, 2.24) is 4.57 Å². The summed E-state index contributed by atoms with van der Waals surface area (Å²) in [7, 11) is 0. The molecule has 13 aromatic rings. The topological polar surface area (TPSA) is 21.3 Å². The Bertz CT molecular complexity index is 3960. The third kappa shape index (κ3) is 7.25. The maximum atomic E-state index is 6.27. The third-order valence-corrected chi connectivity index (χ3v) is 13.6. The van der Waals surface area contributed by atoms with Gasteiger partial charge in [0.15, 0.2) is 0 Å². The molecule has 69 heavy (non-hydrogen) atoms. The molecule has 0 saturated carbocycles. The van der Waals surface area contributed by atoms with Crippen molar-refractivity contribution in [1.29, 1.82) is 0 Å². The van der Waals surface area contributed by atoms with E-state index in [-0.39, 0.29) is 0 Å². The van der Waals surface area contributed by atoms with Crippen LogP contribution >= 0.6 is 0 Å². The van der Waals surface area contributed by atoms with Crippen LogP contribution in [-0.2, 0) is 0 Å². The van der Waals surface area contributed by atoms with Crippen molar-refractivity contribution in [3.05, 3.63) is 267 Å². The van der Waals surface area contributed by atoms with Crippen LogP contribution in [0.3, 0.4) is 0 Å². The van der Waals surface area contributed by atoms with Gasteiger partial charge in [0.05, 0.1) is 16.7 Å². The number of furan rings is 1. The molecule has 0 spiro atoms. The van der Waals surface area contributed by atoms with Crippen LogP contribution in [0.1, 0.15) is 0 Å². The van der Waals surface area contributed by atoms with E-state index < -0.39 is 0 Å². The summed E-state index contributed by atoms with van der Waals surface area (Å²) in [5, 5.41) is 4.78. The van der Waals surface area contributed by atoms with E-state index in [9.17, 15) is 0 Å². The summed E-state index contributed by atoms with van der Waals surface area (Å²) < 4.78 is 8.68.